The molecule has 0 amide bonds. The van der Waals surface area contributed by atoms with E-state index in [1.54, 1.807) is 0 Å². The fraction of sp³-hybridized carbons (Fsp3) is 0.571. The van der Waals surface area contributed by atoms with Crippen LogP contribution in [0, 0.1) is 0 Å². The maximum absolute atomic E-state index is 5.93. The molecule has 0 bridgehead atoms. The molecular formula is C14H19NO. The molecule has 2 atom stereocenters. The zero-order chi connectivity index (χ0) is 10.8. The Kier molecular flexibility index (Phi) is 2.94. The third-order valence-corrected chi connectivity index (χ3v) is 3.75. The minimum absolute atomic E-state index is 0.320. The summed E-state index contributed by atoms with van der Waals surface area (Å²) in [6, 6.07) is 9.40. The zero-order valence-corrected chi connectivity index (χ0v) is 9.61. The van der Waals surface area contributed by atoms with Crippen molar-refractivity contribution in [2.24, 2.45) is 0 Å². The van der Waals surface area contributed by atoms with Crippen LogP contribution in [0.2, 0.25) is 0 Å². The first-order valence-electron chi connectivity index (χ1n) is 6.36. The van der Waals surface area contributed by atoms with E-state index < -0.39 is 0 Å². The van der Waals surface area contributed by atoms with Gasteiger partial charge in [0, 0.05) is 6.04 Å². The van der Waals surface area contributed by atoms with Gasteiger partial charge in [-0.1, -0.05) is 24.3 Å². The number of nitrogens with one attached hydrogen (secondary N) is 1. The average Bonchev–Trinajstić information content (AvgIpc) is 2.82. The lowest BCUT2D eigenvalue weighted by Crippen LogP contribution is -2.27. The van der Waals surface area contributed by atoms with E-state index in [0.29, 0.717) is 12.1 Å². The number of hydrogen-bond donors (Lipinski definition) is 1. The SMILES string of the molecule is c1ccc2c(c1)CCOC2CC1CCCN1. The van der Waals surface area contributed by atoms with Gasteiger partial charge in [0.1, 0.15) is 0 Å². The molecule has 86 valence electrons. The lowest BCUT2D eigenvalue weighted by atomic mass is 9.93. The molecule has 2 unspecified atom stereocenters. The zero-order valence-electron chi connectivity index (χ0n) is 9.61. The van der Waals surface area contributed by atoms with E-state index in [9.17, 15) is 0 Å². The third-order valence-electron chi connectivity index (χ3n) is 3.75. The quantitative estimate of drug-likeness (QED) is 0.821. The van der Waals surface area contributed by atoms with Gasteiger partial charge in [-0.2, -0.15) is 0 Å². The van der Waals surface area contributed by atoms with Crippen LogP contribution >= 0.6 is 0 Å². The Bertz CT molecular complexity index is 358. The van der Waals surface area contributed by atoms with E-state index in [-0.39, 0.29) is 0 Å². The van der Waals surface area contributed by atoms with Gasteiger partial charge in [-0.3, -0.25) is 0 Å². The first kappa shape index (κ1) is 10.3. The van der Waals surface area contributed by atoms with Crippen LogP contribution in [0.5, 0.6) is 0 Å². The summed E-state index contributed by atoms with van der Waals surface area (Å²) in [6.07, 6.45) is 5.16. The first-order chi connectivity index (χ1) is 7.93. The second kappa shape index (κ2) is 4.56. The minimum atomic E-state index is 0.320. The molecule has 1 N–H and O–H groups in total. The van der Waals surface area contributed by atoms with Crippen molar-refractivity contribution in [3.63, 3.8) is 0 Å². The smallest absolute Gasteiger partial charge is 0.0842 e. The van der Waals surface area contributed by atoms with Gasteiger partial charge in [0.05, 0.1) is 12.7 Å². The lowest BCUT2D eigenvalue weighted by Gasteiger charge is -2.28. The first-order valence-corrected chi connectivity index (χ1v) is 6.36. The van der Waals surface area contributed by atoms with Crippen molar-refractivity contribution in [1.29, 1.82) is 0 Å². The summed E-state index contributed by atoms with van der Waals surface area (Å²) < 4.78 is 5.93. The Morgan fingerprint density at radius 3 is 3.12 bits per heavy atom. The Labute approximate surface area is 97.0 Å². The van der Waals surface area contributed by atoms with Crippen LogP contribution in [0.15, 0.2) is 24.3 Å². The fourth-order valence-corrected chi connectivity index (χ4v) is 2.89. The van der Waals surface area contributed by atoms with Gasteiger partial charge in [0.2, 0.25) is 0 Å². The molecule has 2 nitrogen and oxygen atoms in total. The summed E-state index contributed by atoms with van der Waals surface area (Å²) in [5, 5.41) is 3.55. The van der Waals surface area contributed by atoms with Crippen molar-refractivity contribution in [2.75, 3.05) is 13.2 Å². The summed E-state index contributed by atoms with van der Waals surface area (Å²) in [4.78, 5) is 0. The largest absolute Gasteiger partial charge is 0.373 e. The minimum Gasteiger partial charge on any atom is -0.373 e. The highest BCUT2D eigenvalue weighted by Gasteiger charge is 2.25. The molecule has 0 saturated carbocycles. The van der Waals surface area contributed by atoms with E-state index in [1.165, 1.54) is 30.5 Å². The molecule has 1 saturated heterocycles. The Morgan fingerprint density at radius 2 is 2.25 bits per heavy atom. The van der Waals surface area contributed by atoms with Gasteiger partial charge in [-0.15, -0.1) is 0 Å². The van der Waals surface area contributed by atoms with Crippen LogP contribution < -0.4 is 5.32 Å². The van der Waals surface area contributed by atoms with Crippen molar-refractivity contribution in [2.45, 2.75) is 37.8 Å². The second-order valence-corrected chi connectivity index (χ2v) is 4.84. The molecule has 2 aliphatic rings. The van der Waals surface area contributed by atoms with Crippen LogP contribution in [0.4, 0.5) is 0 Å². The van der Waals surface area contributed by atoms with Gasteiger partial charge in [-0.25, -0.2) is 0 Å². The molecule has 0 aliphatic carbocycles. The maximum atomic E-state index is 5.93. The molecule has 1 aromatic rings. The predicted octanol–water partition coefficient (Wildman–Crippen LogP) is 2.44. The summed E-state index contributed by atoms with van der Waals surface area (Å²) in [7, 11) is 0. The molecule has 1 aromatic carbocycles. The van der Waals surface area contributed by atoms with E-state index >= 15 is 0 Å². The van der Waals surface area contributed by atoms with Gasteiger partial charge in [0.25, 0.3) is 0 Å². The Morgan fingerprint density at radius 1 is 1.31 bits per heavy atom. The number of benzene rings is 1. The molecule has 16 heavy (non-hydrogen) atoms. The third kappa shape index (κ3) is 2.00. The summed E-state index contributed by atoms with van der Waals surface area (Å²) in [5.74, 6) is 0. The monoisotopic (exact) mass is 217 g/mol. The highest BCUT2D eigenvalue weighted by atomic mass is 16.5. The normalized spacial score (nSPS) is 29.0. The maximum Gasteiger partial charge on any atom is 0.0842 e. The van der Waals surface area contributed by atoms with Gasteiger partial charge >= 0.3 is 0 Å². The summed E-state index contributed by atoms with van der Waals surface area (Å²) in [6.45, 7) is 2.06. The molecule has 3 rings (SSSR count). The second-order valence-electron chi connectivity index (χ2n) is 4.84. The van der Waals surface area contributed by atoms with Crippen LogP contribution in [0.3, 0.4) is 0 Å². The molecule has 2 aliphatic heterocycles. The number of hydrogen-bond acceptors (Lipinski definition) is 2. The molecule has 0 radical (unpaired) electrons. The van der Waals surface area contributed by atoms with Gasteiger partial charge < -0.3 is 10.1 Å². The van der Waals surface area contributed by atoms with Crippen molar-refractivity contribution < 1.29 is 4.74 Å². The van der Waals surface area contributed by atoms with E-state index in [1.807, 2.05) is 0 Å². The Hall–Kier alpha value is -0.860. The van der Waals surface area contributed by atoms with Gasteiger partial charge in [0.15, 0.2) is 0 Å². The molecule has 2 heterocycles. The molecule has 2 heteroatoms. The Balaban J connectivity index is 1.76. The molecule has 0 aromatic heterocycles. The van der Waals surface area contributed by atoms with Crippen molar-refractivity contribution in [3.05, 3.63) is 35.4 Å². The van der Waals surface area contributed by atoms with Crippen molar-refractivity contribution >= 4 is 0 Å². The predicted molar refractivity (Wildman–Crippen MR) is 64.5 cm³/mol. The fourth-order valence-electron chi connectivity index (χ4n) is 2.89. The lowest BCUT2D eigenvalue weighted by molar-refractivity contribution is 0.0308. The summed E-state index contributed by atoms with van der Waals surface area (Å²) >= 11 is 0. The topological polar surface area (TPSA) is 21.3 Å². The summed E-state index contributed by atoms with van der Waals surface area (Å²) in [5.41, 5.74) is 2.90. The van der Waals surface area contributed by atoms with Crippen LogP contribution in [0.25, 0.3) is 0 Å². The average molecular weight is 217 g/mol. The van der Waals surface area contributed by atoms with Crippen molar-refractivity contribution in [3.8, 4) is 0 Å². The van der Waals surface area contributed by atoms with Gasteiger partial charge in [-0.05, 0) is 43.4 Å². The molecule has 0 spiro atoms. The van der Waals surface area contributed by atoms with Crippen LogP contribution in [-0.4, -0.2) is 19.2 Å². The number of fused-ring (bicyclic) bond motifs is 1. The van der Waals surface area contributed by atoms with Crippen molar-refractivity contribution in [1.82, 2.24) is 5.32 Å². The van der Waals surface area contributed by atoms with E-state index in [4.69, 9.17) is 4.74 Å². The van der Waals surface area contributed by atoms with E-state index in [2.05, 4.69) is 29.6 Å². The highest BCUT2D eigenvalue weighted by molar-refractivity contribution is 5.31. The standard InChI is InChI=1S/C14H19NO/c1-2-6-13-11(4-1)7-9-16-14(13)10-12-5-3-8-15-12/h1-2,4,6,12,14-15H,3,5,7-10H2. The number of rotatable bonds is 2. The molecule has 1 fully saturated rings. The number of ether oxygens (including phenoxy) is 1. The highest BCUT2D eigenvalue weighted by Crippen LogP contribution is 2.31. The van der Waals surface area contributed by atoms with E-state index in [0.717, 1.165) is 19.4 Å². The van der Waals surface area contributed by atoms with Crippen LogP contribution in [0.1, 0.15) is 36.5 Å². The van der Waals surface area contributed by atoms with Crippen LogP contribution in [-0.2, 0) is 11.2 Å². The molecular weight excluding hydrogens is 198 g/mol.